The van der Waals surface area contributed by atoms with Gasteiger partial charge in [0, 0.05) is 31.0 Å². The van der Waals surface area contributed by atoms with Crippen LogP contribution < -0.4 is 5.56 Å². The maximum absolute atomic E-state index is 12.7. The van der Waals surface area contributed by atoms with Crippen LogP contribution in [0.2, 0.25) is 5.02 Å². The highest BCUT2D eigenvalue weighted by molar-refractivity contribution is 9.11. The molecule has 0 saturated heterocycles. The van der Waals surface area contributed by atoms with E-state index in [1.54, 1.807) is 29.9 Å². The first kappa shape index (κ1) is 17.5. The molecule has 1 heterocycles. The average Bonchev–Trinajstić information content (AvgIpc) is 2.47. The summed E-state index contributed by atoms with van der Waals surface area (Å²) in [5.41, 5.74) is 0.559. The van der Waals surface area contributed by atoms with Crippen molar-refractivity contribution in [1.29, 1.82) is 0 Å². The van der Waals surface area contributed by atoms with Crippen LogP contribution in [0.3, 0.4) is 0 Å². The van der Waals surface area contributed by atoms with E-state index in [0.29, 0.717) is 40.0 Å². The fraction of sp³-hybridized carbons (Fsp3) is 0.333. The first-order chi connectivity index (χ1) is 10.5. The Morgan fingerprint density at radius 3 is 3.00 bits per heavy atom. The summed E-state index contributed by atoms with van der Waals surface area (Å²) in [5.74, 6) is 0.642. The van der Waals surface area contributed by atoms with Crippen LogP contribution >= 0.6 is 39.3 Å². The normalized spacial score (nSPS) is 11.0. The molecule has 0 aliphatic rings. The van der Waals surface area contributed by atoms with Crippen molar-refractivity contribution >= 4 is 50.2 Å². The number of halogens is 2. The van der Waals surface area contributed by atoms with Gasteiger partial charge in [-0.3, -0.25) is 9.36 Å². The number of hydrogen-bond acceptors (Lipinski definition) is 4. The molecule has 0 aliphatic carbocycles. The van der Waals surface area contributed by atoms with Crippen molar-refractivity contribution in [2.24, 2.45) is 0 Å². The highest BCUT2D eigenvalue weighted by atomic mass is 79.9. The van der Waals surface area contributed by atoms with Crippen LogP contribution in [0.25, 0.3) is 10.9 Å². The molecule has 0 amide bonds. The quantitative estimate of drug-likeness (QED) is 0.397. The highest BCUT2D eigenvalue weighted by Crippen LogP contribution is 2.23. The van der Waals surface area contributed by atoms with Crippen molar-refractivity contribution in [2.75, 3.05) is 19.5 Å². The predicted molar refractivity (Wildman–Crippen MR) is 96.3 cm³/mol. The first-order valence-corrected chi connectivity index (χ1v) is 8.83. The monoisotopic (exact) mass is 402 g/mol. The minimum atomic E-state index is -0.0551. The predicted octanol–water partition coefficient (Wildman–Crippen LogP) is 4.09. The number of aromatic nitrogens is 2. The zero-order chi connectivity index (χ0) is 16.1. The second-order valence-electron chi connectivity index (χ2n) is 4.66. The van der Waals surface area contributed by atoms with E-state index in [0.717, 1.165) is 10.9 Å². The Morgan fingerprint density at radius 2 is 2.32 bits per heavy atom. The summed E-state index contributed by atoms with van der Waals surface area (Å²) >= 11 is 10.8. The highest BCUT2D eigenvalue weighted by Gasteiger charge is 2.12. The van der Waals surface area contributed by atoms with Gasteiger partial charge in [0.25, 0.3) is 5.56 Å². The van der Waals surface area contributed by atoms with Crippen LogP contribution in [0.4, 0.5) is 0 Å². The van der Waals surface area contributed by atoms with Gasteiger partial charge in [0.2, 0.25) is 0 Å². The molecule has 2 aromatic rings. The third-order valence-corrected chi connectivity index (χ3v) is 4.92. The van der Waals surface area contributed by atoms with Gasteiger partial charge < -0.3 is 4.74 Å². The van der Waals surface area contributed by atoms with Crippen LogP contribution in [0.1, 0.15) is 6.42 Å². The van der Waals surface area contributed by atoms with Crippen LogP contribution in [-0.2, 0) is 11.3 Å². The van der Waals surface area contributed by atoms with Gasteiger partial charge in [-0.1, -0.05) is 45.9 Å². The van der Waals surface area contributed by atoms with E-state index >= 15 is 0 Å². The zero-order valence-electron chi connectivity index (χ0n) is 12.1. The van der Waals surface area contributed by atoms with E-state index in [-0.39, 0.29) is 5.56 Å². The molecule has 0 bridgehead atoms. The smallest absolute Gasteiger partial charge is 0.262 e. The van der Waals surface area contributed by atoms with Crippen molar-refractivity contribution in [1.82, 2.24) is 9.55 Å². The minimum absolute atomic E-state index is 0.0551. The molecule has 1 aromatic heterocycles. The van der Waals surface area contributed by atoms with Gasteiger partial charge in [-0.15, -0.1) is 0 Å². The molecule has 2 rings (SSSR count). The Hall–Kier alpha value is -0.820. The van der Waals surface area contributed by atoms with Crippen LogP contribution in [-0.4, -0.2) is 29.0 Å². The Morgan fingerprint density at radius 1 is 1.55 bits per heavy atom. The molecule has 4 nitrogen and oxygen atoms in total. The topological polar surface area (TPSA) is 44.1 Å². The maximum Gasteiger partial charge on any atom is 0.262 e. The van der Waals surface area contributed by atoms with E-state index in [4.69, 9.17) is 16.3 Å². The fourth-order valence-electron chi connectivity index (χ4n) is 1.99. The van der Waals surface area contributed by atoms with Crippen molar-refractivity contribution < 1.29 is 4.74 Å². The van der Waals surface area contributed by atoms with Crippen molar-refractivity contribution in [3.05, 3.63) is 44.6 Å². The minimum Gasteiger partial charge on any atom is -0.385 e. The van der Waals surface area contributed by atoms with Gasteiger partial charge in [0.05, 0.1) is 10.9 Å². The molecule has 0 spiro atoms. The number of fused-ring (bicyclic) bond motifs is 1. The van der Waals surface area contributed by atoms with E-state index in [2.05, 4.69) is 27.5 Å². The largest absolute Gasteiger partial charge is 0.385 e. The Bertz CT molecular complexity index is 748. The summed E-state index contributed by atoms with van der Waals surface area (Å²) in [5, 5.41) is 1.80. The third kappa shape index (κ3) is 4.35. The Labute approximate surface area is 146 Å². The van der Waals surface area contributed by atoms with E-state index in [1.807, 2.05) is 0 Å². The van der Waals surface area contributed by atoms with Gasteiger partial charge in [-0.05, 0) is 29.1 Å². The molecule has 0 saturated carbocycles. The molecule has 0 aliphatic heterocycles. The molecule has 0 N–H and O–H groups in total. The summed E-state index contributed by atoms with van der Waals surface area (Å²) in [6.45, 7) is 4.98. The number of hydrogen-bond donors (Lipinski definition) is 0. The number of thioether (sulfide) groups is 1. The van der Waals surface area contributed by atoms with Crippen LogP contribution in [0.5, 0.6) is 0 Å². The van der Waals surface area contributed by atoms with E-state index in [1.165, 1.54) is 11.8 Å². The molecular weight excluding hydrogens is 388 g/mol. The summed E-state index contributed by atoms with van der Waals surface area (Å²) in [4.78, 5) is 17.3. The number of benzene rings is 1. The van der Waals surface area contributed by atoms with Gasteiger partial charge in [0.1, 0.15) is 0 Å². The average molecular weight is 404 g/mol. The number of nitrogens with zero attached hydrogens (tertiary/aromatic N) is 2. The van der Waals surface area contributed by atoms with Crippen molar-refractivity contribution in [3.63, 3.8) is 0 Å². The lowest BCUT2D eigenvalue weighted by Gasteiger charge is -2.13. The zero-order valence-corrected chi connectivity index (χ0v) is 15.3. The molecule has 0 atom stereocenters. The van der Waals surface area contributed by atoms with Gasteiger partial charge in [-0.2, -0.15) is 0 Å². The maximum atomic E-state index is 12.7. The third-order valence-electron chi connectivity index (χ3n) is 2.97. The summed E-state index contributed by atoms with van der Waals surface area (Å²) in [6.07, 6.45) is 0.750. The standard InChI is InChI=1S/C15H16BrClN2O2S/c1-10(16)9-22-15-18-13-8-11(17)4-5-12(13)14(20)19(15)6-3-7-21-2/h4-5,8H,1,3,6-7,9H2,2H3. The first-order valence-electron chi connectivity index (χ1n) is 6.68. The molecular formula is C15H16BrClN2O2S. The lowest BCUT2D eigenvalue weighted by molar-refractivity contribution is 0.189. The summed E-state index contributed by atoms with van der Waals surface area (Å²) in [7, 11) is 1.65. The summed E-state index contributed by atoms with van der Waals surface area (Å²) in [6, 6.07) is 5.14. The summed E-state index contributed by atoms with van der Waals surface area (Å²) < 4.78 is 7.60. The van der Waals surface area contributed by atoms with Gasteiger partial charge in [-0.25, -0.2) is 4.98 Å². The van der Waals surface area contributed by atoms with Gasteiger partial charge >= 0.3 is 0 Å². The molecule has 22 heavy (non-hydrogen) atoms. The second kappa shape index (κ2) is 8.15. The lowest BCUT2D eigenvalue weighted by Crippen LogP contribution is -2.24. The number of methoxy groups -OCH3 is 1. The van der Waals surface area contributed by atoms with E-state index < -0.39 is 0 Å². The number of rotatable bonds is 7. The van der Waals surface area contributed by atoms with Gasteiger partial charge in [0.15, 0.2) is 5.16 Å². The van der Waals surface area contributed by atoms with Crippen molar-refractivity contribution in [2.45, 2.75) is 18.1 Å². The second-order valence-corrected chi connectivity index (χ2v) is 7.17. The Balaban J connectivity index is 2.48. The molecule has 0 fully saturated rings. The van der Waals surface area contributed by atoms with Crippen molar-refractivity contribution in [3.8, 4) is 0 Å². The Kier molecular flexibility index (Phi) is 6.50. The molecule has 1 aromatic carbocycles. The van der Waals surface area contributed by atoms with Crippen LogP contribution in [0, 0.1) is 0 Å². The fourth-order valence-corrected chi connectivity index (χ4v) is 3.28. The SMILES string of the molecule is C=C(Br)CSc1nc2cc(Cl)ccc2c(=O)n1CCCOC. The lowest BCUT2D eigenvalue weighted by atomic mass is 10.2. The number of ether oxygens (including phenoxy) is 1. The molecule has 0 unspecified atom stereocenters. The molecule has 7 heteroatoms. The molecule has 118 valence electrons. The molecule has 0 radical (unpaired) electrons. The van der Waals surface area contributed by atoms with E-state index in [9.17, 15) is 4.79 Å². The van der Waals surface area contributed by atoms with Crippen LogP contribution in [0.15, 0.2) is 39.2 Å².